The van der Waals surface area contributed by atoms with Crippen molar-refractivity contribution in [1.29, 1.82) is 0 Å². The highest BCUT2D eigenvalue weighted by atomic mass is 35.5. The van der Waals surface area contributed by atoms with Crippen molar-refractivity contribution in [2.24, 2.45) is 0 Å². The molecule has 176 valence electrons. The van der Waals surface area contributed by atoms with Gasteiger partial charge >= 0.3 is 17.1 Å². The maximum absolute atomic E-state index is 13.7. The lowest BCUT2D eigenvalue weighted by molar-refractivity contribution is -0.651. The minimum absolute atomic E-state index is 0.0375. The van der Waals surface area contributed by atoms with Gasteiger partial charge in [-0.3, -0.25) is 0 Å². The number of halogens is 4. The summed E-state index contributed by atoms with van der Waals surface area (Å²) in [5.41, 5.74) is -0.197. The number of fused-ring (bicyclic) bond motifs is 1. The molecule has 4 aromatic rings. The molecular weight excluding hydrogens is 493 g/mol. The molecular formula is C23H16ClF3N2O4S. The monoisotopic (exact) mass is 508 g/mol. The Kier molecular flexibility index (Phi) is 5.91. The van der Waals surface area contributed by atoms with Gasteiger partial charge in [-0.2, -0.15) is 13.2 Å². The molecule has 4 rings (SSSR count). The summed E-state index contributed by atoms with van der Waals surface area (Å²) in [5.74, 6) is -0.310. The van der Waals surface area contributed by atoms with E-state index in [0.717, 1.165) is 18.4 Å². The van der Waals surface area contributed by atoms with E-state index < -0.39 is 32.6 Å². The number of benzene rings is 2. The normalized spacial score (nSPS) is 12.2. The van der Waals surface area contributed by atoms with Crippen molar-refractivity contribution in [3.05, 3.63) is 82.2 Å². The molecule has 0 amide bonds. The number of hydrogen-bond acceptors (Lipinski definition) is 5. The van der Waals surface area contributed by atoms with Crippen LogP contribution in [0.2, 0.25) is 5.02 Å². The van der Waals surface area contributed by atoms with Crippen LogP contribution in [-0.4, -0.2) is 19.7 Å². The number of pyridine rings is 2. The van der Waals surface area contributed by atoms with Gasteiger partial charge in [0.05, 0.1) is 16.6 Å². The fraction of sp³-hybridized carbons (Fsp3) is 0.130. The minimum Gasteiger partial charge on any atom is -0.615 e. The van der Waals surface area contributed by atoms with Crippen LogP contribution < -0.4 is 9.47 Å². The maximum Gasteiger partial charge on any atom is 0.433 e. The molecule has 0 atom stereocenters. The van der Waals surface area contributed by atoms with Crippen molar-refractivity contribution in [2.45, 2.75) is 18.1 Å². The molecule has 6 nitrogen and oxygen atoms in total. The molecule has 0 N–H and O–H groups in total. The summed E-state index contributed by atoms with van der Waals surface area (Å²) in [6, 6.07) is 14.7. The largest absolute Gasteiger partial charge is 0.615 e. The fourth-order valence-electron chi connectivity index (χ4n) is 3.62. The molecule has 0 spiro atoms. The lowest BCUT2D eigenvalue weighted by atomic mass is 9.94. The molecule has 0 fully saturated rings. The summed E-state index contributed by atoms with van der Waals surface area (Å²) in [4.78, 5) is 3.80. The molecule has 0 unspecified atom stereocenters. The van der Waals surface area contributed by atoms with Crippen molar-refractivity contribution in [3.63, 3.8) is 0 Å². The van der Waals surface area contributed by atoms with Crippen LogP contribution >= 0.6 is 11.6 Å². The van der Waals surface area contributed by atoms with Crippen LogP contribution in [0.4, 0.5) is 13.2 Å². The first kappa shape index (κ1) is 23.8. The standard InChI is InChI=1S/C23H16ClF3N2O4S/c1-13-21(17-8-3-4-9-18(17)28-22(13)23(25,26)27)14-6-5-7-16(10-14)33-19-11-15(24)12-20(29(19)30)34(2,31)32/h3-12H,1-2H3. The van der Waals surface area contributed by atoms with Crippen LogP contribution in [0, 0.1) is 12.1 Å². The van der Waals surface area contributed by atoms with E-state index in [1.54, 1.807) is 30.3 Å². The van der Waals surface area contributed by atoms with E-state index in [2.05, 4.69) is 4.98 Å². The van der Waals surface area contributed by atoms with E-state index in [0.29, 0.717) is 16.5 Å². The molecule has 0 saturated carbocycles. The lowest BCUT2D eigenvalue weighted by Gasteiger charge is -2.17. The molecule has 0 saturated heterocycles. The SMILES string of the molecule is Cc1c(C(F)(F)F)nc2ccccc2c1-c1cccc(Oc2cc(Cl)cc(S(C)(=O)=O)[n+]2[O-])c1. The van der Waals surface area contributed by atoms with Crippen molar-refractivity contribution in [1.82, 2.24) is 4.98 Å². The average Bonchev–Trinajstić information content (AvgIpc) is 2.74. The van der Waals surface area contributed by atoms with Gasteiger partial charge in [-0.1, -0.05) is 41.9 Å². The van der Waals surface area contributed by atoms with E-state index in [1.165, 1.54) is 25.1 Å². The average molecular weight is 509 g/mol. The Balaban J connectivity index is 1.87. The number of alkyl halides is 3. The maximum atomic E-state index is 13.7. The highest BCUT2D eigenvalue weighted by Gasteiger charge is 2.36. The second-order valence-electron chi connectivity index (χ2n) is 7.52. The van der Waals surface area contributed by atoms with Gasteiger partial charge in [-0.15, -0.1) is 4.73 Å². The van der Waals surface area contributed by atoms with Gasteiger partial charge < -0.3 is 9.94 Å². The summed E-state index contributed by atoms with van der Waals surface area (Å²) in [6.07, 6.45) is -3.80. The molecule has 0 aliphatic carbocycles. The smallest absolute Gasteiger partial charge is 0.433 e. The highest BCUT2D eigenvalue weighted by Crippen LogP contribution is 2.40. The van der Waals surface area contributed by atoms with Gasteiger partial charge in [0.15, 0.2) is 0 Å². The summed E-state index contributed by atoms with van der Waals surface area (Å²) in [6.45, 7) is 1.34. The van der Waals surface area contributed by atoms with E-state index in [4.69, 9.17) is 16.3 Å². The van der Waals surface area contributed by atoms with Gasteiger partial charge in [0.1, 0.15) is 11.4 Å². The lowest BCUT2D eigenvalue weighted by Crippen LogP contribution is -2.35. The number of rotatable bonds is 4. The predicted molar refractivity (Wildman–Crippen MR) is 121 cm³/mol. The summed E-state index contributed by atoms with van der Waals surface area (Å²) >= 11 is 5.96. The Bertz CT molecular complexity index is 1540. The minimum atomic E-state index is -4.66. The van der Waals surface area contributed by atoms with E-state index in [-0.39, 0.29) is 26.6 Å². The first-order valence-electron chi connectivity index (χ1n) is 9.74. The Morgan fingerprint density at radius 1 is 1.06 bits per heavy atom. The third kappa shape index (κ3) is 4.51. The number of aromatic nitrogens is 2. The summed E-state index contributed by atoms with van der Waals surface area (Å²) in [7, 11) is -3.90. The Hall–Kier alpha value is -3.37. The fourth-order valence-corrected chi connectivity index (χ4v) is 4.62. The van der Waals surface area contributed by atoms with Gasteiger partial charge in [-0.25, -0.2) is 13.4 Å². The molecule has 0 aliphatic heterocycles. The third-order valence-electron chi connectivity index (χ3n) is 5.05. The van der Waals surface area contributed by atoms with E-state index in [9.17, 15) is 26.8 Å². The molecule has 0 aliphatic rings. The second-order valence-corrected chi connectivity index (χ2v) is 9.92. The van der Waals surface area contributed by atoms with Crippen LogP contribution in [0.3, 0.4) is 0 Å². The molecule has 11 heteroatoms. The van der Waals surface area contributed by atoms with Crippen LogP contribution in [0.5, 0.6) is 11.6 Å². The number of para-hydroxylation sites is 1. The van der Waals surface area contributed by atoms with Crippen LogP contribution in [0.15, 0.2) is 65.7 Å². The second kappa shape index (κ2) is 8.44. The number of sulfone groups is 1. The van der Waals surface area contributed by atoms with E-state index in [1.807, 2.05) is 0 Å². The molecule has 2 aromatic carbocycles. The zero-order valence-corrected chi connectivity index (χ0v) is 19.3. The van der Waals surface area contributed by atoms with Crippen molar-refractivity contribution in [3.8, 4) is 22.8 Å². The predicted octanol–water partition coefficient (Wildman–Crippen LogP) is 5.71. The first-order chi connectivity index (χ1) is 15.9. The number of hydrogen-bond donors (Lipinski definition) is 0. The summed E-state index contributed by atoms with van der Waals surface area (Å²) < 4.78 is 70.5. The molecule has 0 bridgehead atoms. The molecule has 2 heterocycles. The Morgan fingerprint density at radius 3 is 2.44 bits per heavy atom. The highest BCUT2D eigenvalue weighted by molar-refractivity contribution is 7.90. The molecule has 2 aromatic heterocycles. The van der Waals surface area contributed by atoms with Gasteiger partial charge in [0, 0.05) is 17.7 Å². The van der Waals surface area contributed by atoms with Crippen molar-refractivity contribution < 1.29 is 31.1 Å². The van der Waals surface area contributed by atoms with Crippen molar-refractivity contribution >= 4 is 32.3 Å². The first-order valence-corrected chi connectivity index (χ1v) is 12.0. The van der Waals surface area contributed by atoms with E-state index >= 15 is 0 Å². The molecule has 34 heavy (non-hydrogen) atoms. The zero-order valence-electron chi connectivity index (χ0n) is 17.7. The Morgan fingerprint density at radius 2 is 1.76 bits per heavy atom. The third-order valence-corrected chi connectivity index (χ3v) is 6.31. The Labute approximate surface area is 197 Å². The number of ether oxygens (including phenoxy) is 1. The van der Waals surface area contributed by atoms with Crippen LogP contribution in [0.1, 0.15) is 11.3 Å². The van der Waals surface area contributed by atoms with Crippen LogP contribution in [0.25, 0.3) is 22.0 Å². The molecule has 0 radical (unpaired) electrons. The quantitative estimate of drug-likeness (QED) is 0.260. The zero-order chi connectivity index (χ0) is 24.8. The topological polar surface area (TPSA) is 83.2 Å². The summed E-state index contributed by atoms with van der Waals surface area (Å²) in [5, 5.41) is 12.4. The van der Waals surface area contributed by atoms with Crippen molar-refractivity contribution in [2.75, 3.05) is 6.26 Å². The van der Waals surface area contributed by atoms with Crippen LogP contribution in [-0.2, 0) is 16.0 Å². The van der Waals surface area contributed by atoms with Gasteiger partial charge in [-0.05, 0) is 41.8 Å². The number of nitrogens with zero attached hydrogens (tertiary/aromatic N) is 2. The van der Waals surface area contributed by atoms with Gasteiger partial charge in [0.25, 0.3) is 0 Å². The van der Waals surface area contributed by atoms with Gasteiger partial charge in [0.2, 0.25) is 9.84 Å².